The SMILES string of the molecule is c1ccc(-c2cccc(-c3cccc(-c4nc(-c5cccc6c5oc5cc7ccccc7cc56)nc(-n5c6cc7ccccc7cc6c6ccc7ccccc7c65)n4)c3)c2)cc1. The maximum atomic E-state index is 6.79. The minimum Gasteiger partial charge on any atom is -0.455 e. The second-order valence-electron chi connectivity index (χ2n) is 16.0. The molecule has 0 aliphatic carbocycles. The third-order valence-corrected chi connectivity index (χ3v) is 12.4. The molecule has 0 amide bonds. The van der Waals surface area contributed by atoms with Gasteiger partial charge in [-0.25, -0.2) is 4.98 Å². The molecule has 288 valence electrons. The normalized spacial score (nSPS) is 11.9. The van der Waals surface area contributed by atoms with Gasteiger partial charge in [0.1, 0.15) is 11.2 Å². The summed E-state index contributed by atoms with van der Waals surface area (Å²) in [6.45, 7) is 0. The van der Waals surface area contributed by atoms with Gasteiger partial charge in [0.15, 0.2) is 11.6 Å². The van der Waals surface area contributed by atoms with E-state index in [0.717, 1.165) is 98.5 Å². The zero-order valence-electron chi connectivity index (χ0n) is 33.3. The molecule has 0 aliphatic heterocycles. The average Bonchev–Trinajstić information content (AvgIpc) is 3.87. The first-order valence-electron chi connectivity index (χ1n) is 20.9. The van der Waals surface area contributed by atoms with E-state index < -0.39 is 0 Å². The van der Waals surface area contributed by atoms with Crippen LogP contribution in [0.1, 0.15) is 0 Å². The number of hydrogen-bond acceptors (Lipinski definition) is 4. The Hall–Kier alpha value is -8.41. The predicted octanol–water partition coefficient (Wildman–Crippen LogP) is 15.0. The molecule has 3 aromatic heterocycles. The molecule has 0 saturated carbocycles. The number of aromatic nitrogens is 4. The van der Waals surface area contributed by atoms with Crippen LogP contribution in [0, 0.1) is 0 Å². The lowest BCUT2D eigenvalue weighted by Crippen LogP contribution is -2.07. The quantitative estimate of drug-likeness (QED) is 0.174. The monoisotopic (exact) mass is 790 g/mol. The smallest absolute Gasteiger partial charge is 0.238 e. The summed E-state index contributed by atoms with van der Waals surface area (Å²) in [7, 11) is 0. The molecule has 0 saturated heterocycles. The molecule has 0 aliphatic rings. The summed E-state index contributed by atoms with van der Waals surface area (Å²) in [6.07, 6.45) is 0. The molecule has 3 heterocycles. The van der Waals surface area contributed by atoms with Crippen molar-refractivity contribution in [3.8, 4) is 51.0 Å². The van der Waals surface area contributed by atoms with Crippen molar-refractivity contribution in [2.75, 3.05) is 0 Å². The van der Waals surface area contributed by atoms with Crippen molar-refractivity contribution in [3.05, 3.63) is 206 Å². The van der Waals surface area contributed by atoms with E-state index in [9.17, 15) is 0 Å². The van der Waals surface area contributed by atoms with E-state index in [1.807, 2.05) is 0 Å². The molecule has 13 rings (SSSR count). The fourth-order valence-corrected chi connectivity index (χ4v) is 9.39. The molecular weight excluding hydrogens is 757 g/mol. The number of rotatable bonds is 5. The Morgan fingerprint density at radius 1 is 0.339 bits per heavy atom. The molecule has 0 radical (unpaired) electrons. The van der Waals surface area contributed by atoms with Crippen LogP contribution in [0.3, 0.4) is 0 Å². The molecule has 0 spiro atoms. The first kappa shape index (κ1) is 34.5. The van der Waals surface area contributed by atoms with Crippen molar-refractivity contribution < 1.29 is 4.42 Å². The third kappa shape index (κ3) is 5.45. The Bertz CT molecular complexity index is 3940. The van der Waals surface area contributed by atoms with Crippen molar-refractivity contribution in [1.82, 2.24) is 19.5 Å². The van der Waals surface area contributed by atoms with E-state index in [0.29, 0.717) is 17.6 Å². The molecule has 0 fully saturated rings. The highest BCUT2D eigenvalue weighted by atomic mass is 16.3. The van der Waals surface area contributed by atoms with Gasteiger partial charge in [-0.05, 0) is 91.6 Å². The number of para-hydroxylation sites is 1. The molecule has 0 bridgehead atoms. The largest absolute Gasteiger partial charge is 0.455 e. The highest BCUT2D eigenvalue weighted by Gasteiger charge is 2.22. The maximum Gasteiger partial charge on any atom is 0.238 e. The summed E-state index contributed by atoms with van der Waals surface area (Å²) in [5, 5.41) is 11.2. The van der Waals surface area contributed by atoms with Gasteiger partial charge in [0.2, 0.25) is 5.95 Å². The van der Waals surface area contributed by atoms with Crippen LogP contribution in [-0.4, -0.2) is 19.5 Å². The van der Waals surface area contributed by atoms with Gasteiger partial charge in [-0.15, -0.1) is 0 Å². The van der Waals surface area contributed by atoms with Crippen LogP contribution in [0.2, 0.25) is 0 Å². The number of benzene rings is 10. The van der Waals surface area contributed by atoms with Gasteiger partial charge in [0, 0.05) is 32.5 Å². The lowest BCUT2D eigenvalue weighted by atomic mass is 9.98. The van der Waals surface area contributed by atoms with E-state index in [1.165, 1.54) is 10.9 Å². The van der Waals surface area contributed by atoms with Crippen molar-refractivity contribution in [3.63, 3.8) is 0 Å². The standard InChI is InChI=1S/C57H34N4O/c1-2-13-35(14-3-1)37-20-10-21-38(29-37)39-22-11-23-44(30-39)55-58-56(48-26-12-25-47-50-32-41-17-5-7-19-43(41)34-52(50)62-54(47)48)60-57(59-55)61-51-33-42-18-6-4-16-40(42)31-49(51)46-28-27-36-15-8-9-24-45(36)53(46)61/h1-34H. The molecule has 13 aromatic rings. The third-order valence-electron chi connectivity index (χ3n) is 12.4. The number of fused-ring (bicyclic) bond motifs is 10. The van der Waals surface area contributed by atoms with Gasteiger partial charge >= 0.3 is 0 Å². The van der Waals surface area contributed by atoms with Crippen molar-refractivity contribution in [2.45, 2.75) is 0 Å². The zero-order chi connectivity index (χ0) is 40.7. The topological polar surface area (TPSA) is 56.7 Å². The fourth-order valence-electron chi connectivity index (χ4n) is 9.39. The Morgan fingerprint density at radius 2 is 0.903 bits per heavy atom. The molecular formula is C57H34N4O. The van der Waals surface area contributed by atoms with Gasteiger partial charge in [0.05, 0.1) is 16.6 Å². The fraction of sp³-hybridized carbons (Fsp3) is 0. The first-order valence-corrected chi connectivity index (χ1v) is 20.9. The minimum absolute atomic E-state index is 0.534. The molecule has 10 aromatic carbocycles. The van der Waals surface area contributed by atoms with E-state index in [-0.39, 0.29) is 0 Å². The summed E-state index contributed by atoms with van der Waals surface area (Å²) < 4.78 is 9.03. The first-order chi connectivity index (χ1) is 30.7. The summed E-state index contributed by atoms with van der Waals surface area (Å²) >= 11 is 0. The van der Waals surface area contributed by atoms with Gasteiger partial charge in [-0.2, -0.15) is 9.97 Å². The second kappa shape index (κ2) is 13.6. The predicted molar refractivity (Wildman–Crippen MR) is 256 cm³/mol. The van der Waals surface area contributed by atoms with E-state index in [4.69, 9.17) is 19.4 Å². The summed E-state index contributed by atoms with van der Waals surface area (Å²) in [5.41, 5.74) is 9.86. The van der Waals surface area contributed by atoms with Crippen LogP contribution in [0.4, 0.5) is 0 Å². The molecule has 62 heavy (non-hydrogen) atoms. The van der Waals surface area contributed by atoms with Gasteiger partial charge in [-0.3, -0.25) is 4.57 Å². The summed E-state index contributed by atoms with van der Waals surface area (Å²) in [4.78, 5) is 16.2. The van der Waals surface area contributed by atoms with Crippen LogP contribution in [0.5, 0.6) is 0 Å². The lowest BCUT2D eigenvalue weighted by Gasteiger charge is -2.13. The summed E-state index contributed by atoms with van der Waals surface area (Å²) in [6, 6.07) is 72.9. The van der Waals surface area contributed by atoms with Crippen molar-refractivity contribution >= 4 is 76.1 Å². The number of furan rings is 1. The van der Waals surface area contributed by atoms with Gasteiger partial charge in [0.25, 0.3) is 0 Å². The highest BCUT2D eigenvalue weighted by molar-refractivity contribution is 6.20. The molecule has 0 N–H and O–H groups in total. The summed E-state index contributed by atoms with van der Waals surface area (Å²) in [5.74, 6) is 1.64. The van der Waals surface area contributed by atoms with Crippen LogP contribution >= 0.6 is 0 Å². The van der Waals surface area contributed by atoms with Crippen molar-refractivity contribution in [2.24, 2.45) is 0 Å². The Kier molecular flexibility index (Phi) is 7.54. The van der Waals surface area contributed by atoms with Gasteiger partial charge in [-0.1, -0.05) is 164 Å². The highest BCUT2D eigenvalue weighted by Crippen LogP contribution is 2.41. The zero-order valence-corrected chi connectivity index (χ0v) is 33.3. The van der Waals surface area contributed by atoms with Crippen LogP contribution < -0.4 is 0 Å². The van der Waals surface area contributed by atoms with Gasteiger partial charge < -0.3 is 4.42 Å². The molecule has 5 nitrogen and oxygen atoms in total. The minimum atomic E-state index is 0.534. The Balaban J connectivity index is 1.09. The Morgan fingerprint density at radius 3 is 1.68 bits per heavy atom. The van der Waals surface area contributed by atoms with Crippen LogP contribution in [-0.2, 0) is 0 Å². The van der Waals surface area contributed by atoms with E-state index in [2.05, 4.69) is 211 Å². The second-order valence-corrected chi connectivity index (χ2v) is 16.0. The molecule has 0 atom stereocenters. The number of hydrogen-bond donors (Lipinski definition) is 0. The number of nitrogens with zero attached hydrogens (tertiary/aromatic N) is 4. The molecule has 0 unspecified atom stereocenters. The van der Waals surface area contributed by atoms with E-state index in [1.54, 1.807) is 0 Å². The Labute approximate surface area is 355 Å². The molecule has 5 heteroatoms. The van der Waals surface area contributed by atoms with E-state index >= 15 is 0 Å². The van der Waals surface area contributed by atoms with Crippen molar-refractivity contribution in [1.29, 1.82) is 0 Å². The maximum absolute atomic E-state index is 6.79. The average molecular weight is 791 g/mol. The van der Waals surface area contributed by atoms with Crippen LogP contribution in [0.25, 0.3) is 127 Å². The van der Waals surface area contributed by atoms with Crippen LogP contribution in [0.15, 0.2) is 211 Å². The lowest BCUT2D eigenvalue weighted by molar-refractivity contribution is 0.670.